The van der Waals surface area contributed by atoms with Crippen molar-refractivity contribution in [3.8, 4) is 23.0 Å². The number of ether oxygens (including phenoxy) is 2. The minimum Gasteiger partial charge on any atom is -0.456 e. The highest BCUT2D eigenvalue weighted by Crippen LogP contribution is 2.47. The minimum absolute atomic E-state index is 0.202. The van der Waals surface area contributed by atoms with E-state index in [9.17, 15) is 35.1 Å². The fourth-order valence-corrected chi connectivity index (χ4v) is 2.71. The molecule has 0 radical (unpaired) electrons. The number of halogens is 8. The van der Waals surface area contributed by atoms with E-state index in [1.165, 1.54) is 0 Å². The summed E-state index contributed by atoms with van der Waals surface area (Å²) in [6.07, 6.45) is -10.6. The molecule has 0 aromatic heterocycles. The molecule has 3 aromatic carbocycles. The number of nitrogens with two attached hydrogens (primary N) is 2. The fourth-order valence-electron chi connectivity index (χ4n) is 2.71. The first-order chi connectivity index (χ1) is 14.7. The van der Waals surface area contributed by atoms with Crippen molar-refractivity contribution in [3.05, 3.63) is 71.3 Å². The molecule has 32 heavy (non-hydrogen) atoms. The van der Waals surface area contributed by atoms with Gasteiger partial charge in [-0.25, -0.2) is 8.78 Å². The van der Waals surface area contributed by atoms with Crippen LogP contribution >= 0.6 is 0 Å². The highest BCUT2D eigenvalue weighted by atomic mass is 19.4. The van der Waals surface area contributed by atoms with Crippen molar-refractivity contribution in [3.63, 3.8) is 0 Å². The molecule has 0 heterocycles. The van der Waals surface area contributed by atoms with Gasteiger partial charge in [0.05, 0.1) is 11.1 Å². The molecular weight excluding hydrogens is 452 g/mol. The van der Waals surface area contributed by atoms with Crippen LogP contribution in [0.25, 0.3) is 0 Å². The minimum atomic E-state index is -5.28. The predicted molar refractivity (Wildman–Crippen MR) is 98.2 cm³/mol. The molecule has 0 saturated carbocycles. The van der Waals surface area contributed by atoms with E-state index in [0.29, 0.717) is 18.2 Å². The molecule has 0 aliphatic heterocycles. The van der Waals surface area contributed by atoms with Crippen LogP contribution < -0.4 is 20.9 Å². The standard InChI is InChI=1S/C20H12F8N2O2/c21-9-1-11(29)5-13(3-9)31-17-8-18(32-14-4-10(22)2-12(30)6-14)16(20(26,27)28)7-15(17)19(23,24)25/h1-8H,29-30H2. The lowest BCUT2D eigenvalue weighted by atomic mass is 10.1. The van der Waals surface area contributed by atoms with Gasteiger partial charge in [0.15, 0.2) is 0 Å². The van der Waals surface area contributed by atoms with Gasteiger partial charge in [0.2, 0.25) is 0 Å². The number of hydrogen-bond acceptors (Lipinski definition) is 4. The Balaban J connectivity index is 2.19. The highest BCUT2D eigenvalue weighted by molar-refractivity contribution is 5.54. The third kappa shape index (κ3) is 5.31. The quantitative estimate of drug-likeness (QED) is 0.331. The van der Waals surface area contributed by atoms with Crippen LogP contribution in [0, 0.1) is 11.6 Å². The van der Waals surface area contributed by atoms with Gasteiger partial charge >= 0.3 is 12.4 Å². The van der Waals surface area contributed by atoms with E-state index < -0.39 is 58.1 Å². The van der Waals surface area contributed by atoms with Crippen molar-refractivity contribution >= 4 is 11.4 Å². The van der Waals surface area contributed by atoms with Gasteiger partial charge in [-0.2, -0.15) is 26.3 Å². The molecule has 0 spiro atoms. The molecule has 4 nitrogen and oxygen atoms in total. The van der Waals surface area contributed by atoms with Crippen LogP contribution in [0.1, 0.15) is 11.1 Å². The molecule has 0 saturated heterocycles. The zero-order valence-electron chi connectivity index (χ0n) is 15.6. The normalized spacial score (nSPS) is 12.0. The molecule has 170 valence electrons. The zero-order chi connectivity index (χ0) is 23.8. The van der Waals surface area contributed by atoms with Gasteiger partial charge in [-0.3, -0.25) is 0 Å². The fraction of sp³-hybridized carbons (Fsp3) is 0.100. The van der Waals surface area contributed by atoms with Crippen LogP contribution in [0.5, 0.6) is 23.0 Å². The summed E-state index contributed by atoms with van der Waals surface area (Å²) in [6, 6.07) is 5.09. The van der Waals surface area contributed by atoms with Crippen LogP contribution in [-0.4, -0.2) is 0 Å². The van der Waals surface area contributed by atoms with Gasteiger partial charge in [-0.1, -0.05) is 0 Å². The Morgan fingerprint density at radius 3 is 1.22 bits per heavy atom. The zero-order valence-corrected chi connectivity index (χ0v) is 15.6. The largest absolute Gasteiger partial charge is 0.456 e. The van der Waals surface area contributed by atoms with E-state index in [1.807, 2.05) is 0 Å². The second-order valence-electron chi connectivity index (χ2n) is 6.48. The lowest BCUT2D eigenvalue weighted by molar-refractivity contribution is -0.144. The SMILES string of the molecule is Nc1cc(F)cc(Oc2cc(Oc3cc(N)cc(F)c3)c(C(F)(F)F)cc2C(F)(F)F)c1. The monoisotopic (exact) mass is 464 g/mol. The van der Waals surface area contributed by atoms with E-state index in [-0.39, 0.29) is 17.4 Å². The first-order valence-corrected chi connectivity index (χ1v) is 8.52. The molecule has 3 aromatic rings. The first-order valence-electron chi connectivity index (χ1n) is 8.52. The Hall–Kier alpha value is -3.70. The lowest BCUT2D eigenvalue weighted by Gasteiger charge is -2.20. The van der Waals surface area contributed by atoms with Gasteiger partial charge in [-0.15, -0.1) is 0 Å². The van der Waals surface area contributed by atoms with Crippen LogP contribution in [0.15, 0.2) is 48.5 Å². The molecule has 0 atom stereocenters. The molecule has 3 rings (SSSR count). The summed E-state index contributed by atoms with van der Waals surface area (Å²) in [6.45, 7) is 0. The summed E-state index contributed by atoms with van der Waals surface area (Å²) >= 11 is 0. The Bertz CT molecular complexity index is 1030. The Kier molecular flexibility index (Phi) is 5.81. The predicted octanol–water partition coefficient (Wildman–Crippen LogP) is 6.75. The van der Waals surface area contributed by atoms with Gasteiger partial charge in [0, 0.05) is 41.7 Å². The van der Waals surface area contributed by atoms with E-state index in [2.05, 4.69) is 0 Å². The van der Waals surface area contributed by atoms with Crippen molar-refractivity contribution < 1.29 is 44.6 Å². The Morgan fingerprint density at radius 1 is 0.531 bits per heavy atom. The van der Waals surface area contributed by atoms with Crippen LogP contribution in [0.2, 0.25) is 0 Å². The maximum Gasteiger partial charge on any atom is 0.420 e. The number of benzene rings is 3. The number of anilines is 2. The van der Waals surface area contributed by atoms with Crippen molar-refractivity contribution in [2.45, 2.75) is 12.4 Å². The number of alkyl halides is 6. The van der Waals surface area contributed by atoms with Gasteiger partial charge < -0.3 is 20.9 Å². The van der Waals surface area contributed by atoms with Crippen LogP contribution in [0.4, 0.5) is 46.5 Å². The van der Waals surface area contributed by atoms with Gasteiger partial charge in [-0.05, 0) is 18.2 Å². The Morgan fingerprint density at radius 2 is 0.906 bits per heavy atom. The summed E-state index contributed by atoms with van der Waals surface area (Å²) < 4.78 is 118. The highest BCUT2D eigenvalue weighted by Gasteiger charge is 2.42. The molecular formula is C20H12F8N2O2. The lowest BCUT2D eigenvalue weighted by Crippen LogP contribution is -2.13. The van der Waals surface area contributed by atoms with E-state index in [4.69, 9.17) is 20.9 Å². The third-order valence-electron chi connectivity index (χ3n) is 3.94. The molecule has 0 aliphatic carbocycles. The maximum absolute atomic E-state index is 13.5. The van der Waals surface area contributed by atoms with Crippen molar-refractivity contribution in [1.29, 1.82) is 0 Å². The Labute approximate surface area is 175 Å². The summed E-state index contributed by atoms with van der Waals surface area (Å²) in [4.78, 5) is 0. The average molecular weight is 464 g/mol. The van der Waals surface area contributed by atoms with Gasteiger partial charge in [0.25, 0.3) is 0 Å². The molecule has 0 aliphatic rings. The van der Waals surface area contributed by atoms with E-state index in [0.717, 1.165) is 24.3 Å². The number of hydrogen-bond donors (Lipinski definition) is 2. The van der Waals surface area contributed by atoms with Gasteiger partial charge in [0.1, 0.15) is 34.6 Å². The van der Waals surface area contributed by atoms with Crippen LogP contribution in [0.3, 0.4) is 0 Å². The second kappa shape index (κ2) is 8.09. The second-order valence-corrected chi connectivity index (χ2v) is 6.48. The van der Waals surface area contributed by atoms with Crippen molar-refractivity contribution in [1.82, 2.24) is 0 Å². The molecule has 0 bridgehead atoms. The molecule has 4 N–H and O–H groups in total. The molecule has 0 unspecified atom stereocenters. The molecule has 0 fully saturated rings. The summed E-state index contributed by atoms with van der Waals surface area (Å²) in [5.74, 6) is -5.17. The van der Waals surface area contributed by atoms with E-state index in [1.54, 1.807) is 0 Å². The topological polar surface area (TPSA) is 70.5 Å². The van der Waals surface area contributed by atoms with E-state index >= 15 is 0 Å². The third-order valence-corrected chi connectivity index (χ3v) is 3.94. The summed E-state index contributed by atoms with van der Waals surface area (Å²) in [5, 5.41) is 0. The number of nitrogen functional groups attached to an aromatic ring is 2. The average Bonchev–Trinajstić information content (AvgIpc) is 2.57. The van der Waals surface area contributed by atoms with Crippen molar-refractivity contribution in [2.75, 3.05) is 11.5 Å². The molecule has 12 heteroatoms. The number of rotatable bonds is 4. The maximum atomic E-state index is 13.5. The van der Waals surface area contributed by atoms with Crippen molar-refractivity contribution in [2.24, 2.45) is 0 Å². The summed E-state index contributed by atoms with van der Waals surface area (Å²) in [5.41, 5.74) is 6.81. The smallest absolute Gasteiger partial charge is 0.420 e. The first kappa shape index (κ1) is 23.0. The molecule has 0 amide bonds. The summed E-state index contributed by atoms with van der Waals surface area (Å²) in [7, 11) is 0. The van der Waals surface area contributed by atoms with Crippen LogP contribution in [-0.2, 0) is 12.4 Å².